The van der Waals surface area contributed by atoms with Crippen LogP contribution in [0.3, 0.4) is 0 Å². The highest BCUT2D eigenvalue weighted by molar-refractivity contribution is 4.95. The molecule has 0 aromatic carbocycles. The second-order valence-electron chi connectivity index (χ2n) is 6.13. The zero-order chi connectivity index (χ0) is 12.3. The molecule has 0 aromatic rings. The molecular weight excluding hydrogens is 212 g/mol. The van der Waals surface area contributed by atoms with Crippen molar-refractivity contribution in [2.24, 2.45) is 11.8 Å². The summed E-state index contributed by atoms with van der Waals surface area (Å²) in [6.07, 6.45) is 4.16. The van der Waals surface area contributed by atoms with Crippen molar-refractivity contribution in [3.63, 3.8) is 0 Å². The van der Waals surface area contributed by atoms with E-state index in [1.54, 1.807) is 7.11 Å². The molecule has 2 rings (SSSR count). The minimum absolute atomic E-state index is 0.682. The summed E-state index contributed by atoms with van der Waals surface area (Å²) in [6.45, 7) is 9.00. The van der Waals surface area contributed by atoms with Gasteiger partial charge in [-0.05, 0) is 31.1 Å². The number of methoxy groups -OCH3 is 1. The fourth-order valence-corrected chi connectivity index (χ4v) is 3.04. The molecule has 1 aliphatic heterocycles. The van der Waals surface area contributed by atoms with Crippen LogP contribution >= 0.6 is 0 Å². The third kappa shape index (κ3) is 3.94. The second-order valence-corrected chi connectivity index (χ2v) is 6.13. The first-order chi connectivity index (χ1) is 8.20. The van der Waals surface area contributed by atoms with Crippen LogP contribution in [0, 0.1) is 11.8 Å². The zero-order valence-corrected chi connectivity index (χ0v) is 11.6. The first-order valence-electron chi connectivity index (χ1n) is 7.17. The molecular formula is C14H28N2O. The molecule has 0 spiro atoms. The Morgan fingerprint density at radius 1 is 1.35 bits per heavy atom. The molecule has 3 heteroatoms. The van der Waals surface area contributed by atoms with Gasteiger partial charge in [0, 0.05) is 38.8 Å². The molecule has 1 saturated heterocycles. The highest BCUT2D eigenvalue weighted by Crippen LogP contribution is 2.36. The Hall–Kier alpha value is -0.120. The predicted molar refractivity (Wildman–Crippen MR) is 71.2 cm³/mol. The van der Waals surface area contributed by atoms with Crippen LogP contribution in [-0.4, -0.2) is 50.3 Å². The number of rotatable bonds is 6. The van der Waals surface area contributed by atoms with Crippen LogP contribution in [0.1, 0.15) is 33.1 Å². The lowest BCUT2D eigenvalue weighted by molar-refractivity contribution is 0.0727. The maximum absolute atomic E-state index is 5.25. The lowest BCUT2D eigenvalue weighted by atomic mass is 9.98. The van der Waals surface area contributed by atoms with Gasteiger partial charge in [-0.15, -0.1) is 0 Å². The largest absolute Gasteiger partial charge is 0.383 e. The van der Waals surface area contributed by atoms with Crippen molar-refractivity contribution in [3.8, 4) is 0 Å². The maximum atomic E-state index is 5.25. The van der Waals surface area contributed by atoms with E-state index in [0.29, 0.717) is 6.04 Å². The summed E-state index contributed by atoms with van der Waals surface area (Å²) >= 11 is 0. The fraction of sp³-hybridized carbons (Fsp3) is 1.00. The molecule has 2 aliphatic rings. The molecule has 2 fully saturated rings. The van der Waals surface area contributed by atoms with Crippen molar-refractivity contribution in [1.29, 1.82) is 0 Å². The molecule has 100 valence electrons. The number of piperazine rings is 1. The smallest absolute Gasteiger partial charge is 0.0589 e. The van der Waals surface area contributed by atoms with Crippen molar-refractivity contribution >= 4 is 0 Å². The van der Waals surface area contributed by atoms with E-state index in [-0.39, 0.29) is 0 Å². The van der Waals surface area contributed by atoms with Crippen molar-refractivity contribution in [3.05, 3.63) is 0 Å². The van der Waals surface area contributed by atoms with Gasteiger partial charge in [0.2, 0.25) is 0 Å². The minimum atomic E-state index is 0.682. The lowest BCUT2D eigenvalue weighted by Gasteiger charge is -2.41. The van der Waals surface area contributed by atoms with E-state index >= 15 is 0 Å². The number of hydrogen-bond acceptors (Lipinski definition) is 3. The summed E-state index contributed by atoms with van der Waals surface area (Å²) in [4.78, 5) is 2.67. The van der Waals surface area contributed by atoms with E-state index in [9.17, 15) is 0 Å². The minimum Gasteiger partial charge on any atom is -0.383 e. The molecule has 1 aliphatic carbocycles. The average Bonchev–Trinajstić information content (AvgIpc) is 3.09. The molecule has 17 heavy (non-hydrogen) atoms. The molecule has 0 radical (unpaired) electrons. The molecule has 0 amide bonds. The van der Waals surface area contributed by atoms with Crippen LogP contribution in [0.2, 0.25) is 0 Å². The number of nitrogens with one attached hydrogen (secondary N) is 1. The number of hydrogen-bond donors (Lipinski definition) is 1. The van der Waals surface area contributed by atoms with Crippen molar-refractivity contribution in [1.82, 2.24) is 10.2 Å². The zero-order valence-electron chi connectivity index (χ0n) is 11.6. The Balaban J connectivity index is 1.85. The van der Waals surface area contributed by atoms with Gasteiger partial charge in [0.05, 0.1) is 6.61 Å². The quantitative estimate of drug-likeness (QED) is 0.765. The van der Waals surface area contributed by atoms with Crippen LogP contribution in [0.15, 0.2) is 0 Å². The SMILES string of the molecule is COCCN1CC(CC(C)C)NCC1C1CC1. The summed E-state index contributed by atoms with van der Waals surface area (Å²) in [6, 6.07) is 1.45. The van der Waals surface area contributed by atoms with Crippen LogP contribution in [-0.2, 0) is 4.74 Å². The van der Waals surface area contributed by atoms with Gasteiger partial charge in [-0.2, -0.15) is 0 Å². The highest BCUT2D eigenvalue weighted by Gasteiger charge is 2.38. The summed E-state index contributed by atoms with van der Waals surface area (Å²) in [5.41, 5.74) is 0. The maximum Gasteiger partial charge on any atom is 0.0589 e. The van der Waals surface area contributed by atoms with Gasteiger partial charge in [0.15, 0.2) is 0 Å². The Kier molecular flexibility index (Phi) is 4.83. The van der Waals surface area contributed by atoms with Crippen LogP contribution in [0.25, 0.3) is 0 Å². The first kappa shape index (κ1) is 13.3. The van der Waals surface area contributed by atoms with Gasteiger partial charge in [-0.3, -0.25) is 4.90 Å². The van der Waals surface area contributed by atoms with Gasteiger partial charge >= 0.3 is 0 Å². The van der Waals surface area contributed by atoms with Gasteiger partial charge in [0.1, 0.15) is 0 Å². The monoisotopic (exact) mass is 240 g/mol. The third-order valence-corrected chi connectivity index (χ3v) is 4.04. The summed E-state index contributed by atoms with van der Waals surface area (Å²) < 4.78 is 5.25. The summed E-state index contributed by atoms with van der Waals surface area (Å²) in [5.74, 6) is 1.74. The van der Waals surface area contributed by atoms with E-state index in [0.717, 1.165) is 31.0 Å². The molecule has 0 bridgehead atoms. The first-order valence-corrected chi connectivity index (χ1v) is 7.17. The summed E-state index contributed by atoms with van der Waals surface area (Å²) in [5, 5.41) is 3.75. The topological polar surface area (TPSA) is 24.5 Å². The third-order valence-electron chi connectivity index (χ3n) is 4.04. The van der Waals surface area contributed by atoms with E-state index in [1.807, 2.05) is 0 Å². The standard InChI is InChI=1S/C14H28N2O/c1-11(2)8-13-10-16(6-7-17-3)14(9-15-13)12-4-5-12/h11-15H,4-10H2,1-3H3. The molecule has 2 atom stereocenters. The highest BCUT2D eigenvalue weighted by atomic mass is 16.5. The van der Waals surface area contributed by atoms with E-state index in [1.165, 1.54) is 32.4 Å². The second kappa shape index (κ2) is 6.17. The molecule has 1 saturated carbocycles. The number of nitrogens with zero attached hydrogens (tertiary/aromatic N) is 1. The Bertz CT molecular complexity index is 228. The van der Waals surface area contributed by atoms with E-state index in [4.69, 9.17) is 4.74 Å². The lowest BCUT2D eigenvalue weighted by Crippen LogP contribution is -2.58. The molecule has 2 unspecified atom stereocenters. The van der Waals surface area contributed by atoms with Gasteiger partial charge in [-0.1, -0.05) is 13.8 Å². The van der Waals surface area contributed by atoms with Gasteiger partial charge in [-0.25, -0.2) is 0 Å². The summed E-state index contributed by atoms with van der Waals surface area (Å²) in [7, 11) is 1.81. The molecule has 0 aromatic heterocycles. The van der Waals surface area contributed by atoms with Gasteiger partial charge in [0.25, 0.3) is 0 Å². The Morgan fingerprint density at radius 2 is 2.12 bits per heavy atom. The average molecular weight is 240 g/mol. The van der Waals surface area contributed by atoms with Gasteiger partial charge < -0.3 is 10.1 Å². The van der Waals surface area contributed by atoms with Crippen LogP contribution < -0.4 is 5.32 Å². The molecule has 1 N–H and O–H groups in total. The molecule has 1 heterocycles. The Labute approximate surface area is 106 Å². The van der Waals surface area contributed by atoms with Crippen molar-refractivity contribution in [2.45, 2.75) is 45.2 Å². The predicted octanol–water partition coefficient (Wildman–Crippen LogP) is 1.73. The Morgan fingerprint density at radius 3 is 2.71 bits per heavy atom. The number of ether oxygens (including phenoxy) is 1. The fourth-order valence-electron chi connectivity index (χ4n) is 3.04. The molecule has 3 nitrogen and oxygen atoms in total. The van der Waals surface area contributed by atoms with Crippen LogP contribution in [0.5, 0.6) is 0 Å². The van der Waals surface area contributed by atoms with Crippen molar-refractivity contribution in [2.75, 3.05) is 33.4 Å². The van der Waals surface area contributed by atoms with Crippen molar-refractivity contribution < 1.29 is 4.74 Å². The van der Waals surface area contributed by atoms with E-state index in [2.05, 4.69) is 24.1 Å². The normalized spacial score (nSPS) is 31.1. The van der Waals surface area contributed by atoms with E-state index < -0.39 is 0 Å². The van der Waals surface area contributed by atoms with Crippen LogP contribution in [0.4, 0.5) is 0 Å².